The molecule has 0 aliphatic carbocycles. The molecule has 0 radical (unpaired) electrons. The van der Waals surface area contributed by atoms with E-state index in [1.165, 1.54) is 24.7 Å². The van der Waals surface area contributed by atoms with E-state index in [0.717, 1.165) is 0 Å². The van der Waals surface area contributed by atoms with Gasteiger partial charge in [0.2, 0.25) is 0 Å². The van der Waals surface area contributed by atoms with Crippen molar-refractivity contribution in [2.24, 2.45) is 0 Å². The Balaban J connectivity index is 2.16. The first-order valence-corrected chi connectivity index (χ1v) is 7.16. The van der Waals surface area contributed by atoms with Crippen LogP contribution in [0.25, 0.3) is 11.0 Å². The SMILES string of the molecule is CC(C)Nc1ncnc2[nH]cc(C(=O)c3cccc(N)c3F)c12. The molecule has 1 aromatic carbocycles. The maximum absolute atomic E-state index is 14.2. The molecule has 23 heavy (non-hydrogen) atoms. The van der Waals surface area contributed by atoms with Crippen LogP contribution in [0.3, 0.4) is 0 Å². The molecule has 3 rings (SSSR count). The van der Waals surface area contributed by atoms with Crippen molar-refractivity contribution in [1.82, 2.24) is 15.0 Å². The molecule has 0 saturated carbocycles. The molecule has 0 bridgehead atoms. The number of H-pyrrole nitrogens is 1. The topological polar surface area (TPSA) is 96.7 Å². The molecule has 7 heteroatoms. The Kier molecular flexibility index (Phi) is 3.69. The number of aromatic nitrogens is 3. The molecule has 0 aliphatic heterocycles. The number of hydrogen-bond donors (Lipinski definition) is 3. The van der Waals surface area contributed by atoms with Crippen LogP contribution in [0.15, 0.2) is 30.7 Å². The zero-order valence-corrected chi connectivity index (χ0v) is 12.7. The van der Waals surface area contributed by atoms with Crippen LogP contribution in [0.1, 0.15) is 29.8 Å². The predicted molar refractivity (Wildman–Crippen MR) is 86.9 cm³/mol. The lowest BCUT2D eigenvalue weighted by Gasteiger charge is -2.10. The number of aromatic amines is 1. The van der Waals surface area contributed by atoms with E-state index in [1.807, 2.05) is 13.8 Å². The number of nitrogen functional groups attached to an aromatic ring is 1. The van der Waals surface area contributed by atoms with E-state index >= 15 is 0 Å². The third-order valence-corrected chi connectivity index (χ3v) is 3.41. The van der Waals surface area contributed by atoms with Crippen LogP contribution < -0.4 is 11.1 Å². The van der Waals surface area contributed by atoms with Gasteiger partial charge in [0.05, 0.1) is 22.2 Å². The summed E-state index contributed by atoms with van der Waals surface area (Å²) in [5.41, 5.74) is 6.22. The molecule has 0 fully saturated rings. The molecule has 0 atom stereocenters. The summed E-state index contributed by atoms with van der Waals surface area (Å²) in [5, 5.41) is 3.70. The Morgan fingerprint density at radius 3 is 2.83 bits per heavy atom. The summed E-state index contributed by atoms with van der Waals surface area (Å²) in [6.07, 6.45) is 2.91. The number of halogens is 1. The van der Waals surface area contributed by atoms with Crippen molar-refractivity contribution in [3.8, 4) is 0 Å². The van der Waals surface area contributed by atoms with Gasteiger partial charge in [-0.3, -0.25) is 4.79 Å². The Morgan fingerprint density at radius 1 is 1.30 bits per heavy atom. The smallest absolute Gasteiger partial charge is 0.198 e. The Morgan fingerprint density at radius 2 is 2.09 bits per heavy atom. The van der Waals surface area contributed by atoms with E-state index in [1.54, 1.807) is 6.07 Å². The molecular formula is C16H16FN5O. The summed E-state index contributed by atoms with van der Waals surface area (Å²) in [7, 11) is 0. The number of carbonyl (C=O) groups excluding carboxylic acids is 1. The van der Waals surface area contributed by atoms with Crippen LogP contribution in [0.4, 0.5) is 15.9 Å². The number of nitrogens with one attached hydrogen (secondary N) is 2. The molecule has 0 amide bonds. The van der Waals surface area contributed by atoms with E-state index in [-0.39, 0.29) is 17.3 Å². The molecule has 4 N–H and O–H groups in total. The summed E-state index contributed by atoms with van der Waals surface area (Å²) in [6, 6.07) is 4.49. The molecule has 0 saturated heterocycles. The minimum Gasteiger partial charge on any atom is -0.396 e. The predicted octanol–water partition coefficient (Wildman–Crippen LogP) is 2.73. The average molecular weight is 313 g/mol. The number of nitrogens with zero attached hydrogens (tertiary/aromatic N) is 2. The largest absolute Gasteiger partial charge is 0.396 e. The van der Waals surface area contributed by atoms with Crippen LogP contribution in [0.2, 0.25) is 0 Å². The first-order valence-electron chi connectivity index (χ1n) is 7.16. The van der Waals surface area contributed by atoms with Crippen molar-refractivity contribution in [3.05, 3.63) is 47.7 Å². The van der Waals surface area contributed by atoms with Crippen LogP contribution in [-0.4, -0.2) is 26.8 Å². The maximum Gasteiger partial charge on any atom is 0.198 e. The number of fused-ring (bicyclic) bond motifs is 1. The zero-order chi connectivity index (χ0) is 16.6. The van der Waals surface area contributed by atoms with E-state index in [0.29, 0.717) is 22.4 Å². The zero-order valence-electron chi connectivity index (χ0n) is 12.7. The molecule has 2 aromatic heterocycles. The second kappa shape index (κ2) is 5.68. The van der Waals surface area contributed by atoms with Crippen molar-refractivity contribution in [1.29, 1.82) is 0 Å². The van der Waals surface area contributed by atoms with Gasteiger partial charge in [-0.2, -0.15) is 0 Å². The number of carbonyl (C=O) groups is 1. The summed E-state index contributed by atoms with van der Waals surface area (Å²) < 4.78 is 14.2. The van der Waals surface area contributed by atoms with E-state index in [9.17, 15) is 9.18 Å². The van der Waals surface area contributed by atoms with Crippen molar-refractivity contribution < 1.29 is 9.18 Å². The highest BCUT2D eigenvalue weighted by Gasteiger charge is 2.21. The van der Waals surface area contributed by atoms with Gasteiger partial charge in [0.25, 0.3) is 0 Å². The summed E-state index contributed by atoms with van der Waals surface area (Å²) in [6.45, 7) is 3.92. The van der Waals surface area contributed by atoms with Gasteiger partial charge in [-0.05, 0) is 26.0 Å². The monoisotopic (exact) mass is 313 g/mol. The van der Waals surface area contributed by atoms with Crippen LogP contribution in [-0.2, 0) is 0 Å². The highest BCUT2D eigenvalue weighted by Crippen LogP contribution is 2.27. The third kappa shape index (κ3) is 2.61. The summed E-state index contributed by atoms with van der Waals surface area (Å²) in [5.74, 6) is -0.663. The summed E-state index contributed by atoms with van der Waals surface area (Å²) in [4.78, 5) is 23.9. The number of anilines is 2. The minimum absolute atomic E-state index is 0.0625. The van der Waals surface area contributed by atoms with Gasteiger partial charge in [-0.15, -0.1) is 0 Å². The Hall–Kier alpha value is -2.96. The molecule has 118 valence electrons. The fourth-order valence-corrected chi connectivity index (χ4v) is 2.40. The van der Waals surface area contributed by atoms with Gasteiger partial charge in [0.1, 0.15) is 17.8 Å². The number of hydrogen-bond acceptors (Lipinski definition) is 5. The van der Waals surface area contributed by atoms with Gasteiger partial charge in [-0.1, -0.05) is 6.07 Å². The quantitative estimate of drug-likeness (QED) is 0.508. The van der Waals surface area contributed by atoms with Gasteiger partial charge in [0.15, 0.2) is 11.6 Å². The molecule has 6 nitrogen and oxygen atoms in total. The van der Waals surface area contributed by atoms with Gasteiger partial charge < -0.3 is 16.0 Å². The second-order valence-corrected chi connectivity index (χ2v) is 5.49. The molecular weight excluding hydrogens is 297 g/mol. The van der Waals surface area contributed by atoms with Crippen molar-refractivity contribution in [2.45, 2.75) is 19.9 Å². The highest BCUT2D eigenvalue weighted by atomic mass is 19.1. The maximum atomic E-state index is 14.2. The number of rotatable bonds is 4. The van der Waals surface area contributed by atoms with Gasteiger partial charge in [0, 0.05) is 12.2 Å². The average Bonchev–Trinajstić information content (AvgIpc) is 2.94. The lowest BCUT2D eigenvalue weighted by atomic mass is 10.0. The lowest BCUT2D eigenvalue weighted by Crippen LogP contribution is -2.12. The number of ketones is 1. The van der Waals surface area contributed by atoms with E-state index < -0.39 is 11.6 Å². The van der Waals surface area contributed by atoms with Gasteiger partial charge >= 0.3 is 0 Å². The van der Waals surface area contributed by atoms with Crippen molar-refractivity contribution in [3.63, 3.8) is 0 Å². The number of benzene rings is 1. The number of nitrogens with two attached hydrogens (primary N) is 1. The van der Waals surface area contributed by atoms with Crippen LogP contribution in [0.5, 0.6) is 0 Å². The fourth-order valence-electron chi connectivity index (χ4n) is 2.40. The summed E-state index contributed by atoms with van der Waals surface area (Å²) >= 11 is 0. The van der Waals surface area contributed by atoms with Gasteiger partial charge in [-0.25, -0.2) is 14.4 Å². The molecule has 2 heterocycles. The fraction of sp³-hybridized carbons (Fsp3) is 0.188. The standard InChI is InChI=1S/C16H16FN5O/c1-8(2)22-16-12-10(6-19-15(12)20-7-21-16)14(23)9-4-3-5-11(18)13(9)17/h3-8H,18H2,1-2H3,(H2,19,20,21,22). The Bertz CT molecular complexity index is 887. The van der Waals surface area contributed by atoms with Crippen LogP contribution >= 0.6 is 0 Å². The Labute approximate surface area is 131 Å². The molecule has 3 aromatic rings. The highest BCUT2D eigenvalue weighted by molar-refractivity contribution is 6.18. The molecule has 0 unspecified atom stereocenters. The lowest BCUT2D eigenvalue weighted by molar-refractivity contribution is 0.103. The van der Waals surface area contributed by atoms with Crippen molar-refractivity contribution >= 4 is 28.3 Å². The van der Waals surface area contributed by atoms with E-state index in [2.05, 4.69) is 20.3 Å². The second-order valence-electron chi connectivity index (χ2n) is 5.49. The van der Waals surface area contributed by atoms with Crippen LogP contribution in [0, 0.1) is 5.82 Å². The normalized spacial score (nSPS) is 11.1. The molecule has 0 spiro atoms. The first kappa shape index (κ1) is 15.0. The third-order valence-electron chi connectivity index (χ3n) is 3.41. The first-order chi connectivity index (χ1) is 11.0. The molecule has 0 aliphatic rings. The van der Waals surface area contributed by atoms with E-state index in [4.69, 9.17) is 5.73 Å². The minimum atomic E-state index is -0.720. The van der Waals surface area contributed by atoms with Crippen molar-refractivity contribution in [2.75, 3.05) is 11.1 Å².